The summed E-state index contributed by atoms with van der Waals surface area (Å²) in [4.78, 5) is 0. The van der Waals surface area contributed by atoms with Gasteiger partial charge in [-0.25, -0.2) is 0 Å². The highest BCUT2D eigenvalue weighted by atomic mass is 16.5. The van der Waals surface area contributed by atoms with Gasteiger partial charge in [-0.2, -0.15) is 0 Å². The van der Waals surface area contributed by atoms with E-state index < -0.39 is 0 Å². The molecule has 0 spiro atoms. The molecule has 0 bridgehead atoms. The van der Waals surface area contributed by atoms with Gasteiger partial charge in [-0.15, -0.1) is 0 Å². The highest BCUT2D eigenvalue weighted by Gasteiger charge is 2.08. The predicted octanol–water partition coefficient (Wildman–Crippen LogP) is 3.26. The van der Waals surface area contributed by atoms with Crippen LogP contribution in [0.25, 0.3) is 0 Å². The molecule has 0 heterocycles. The normalized spacial score (nSPS) is 13.3. The predicted molar refractivity (Wildman–Crippen MR) is 77.3 cm³/mol. The van der Waals surface area contributed by atoms with Gasteiger partial charge in [0, 0.05) is 0 Å². The molecule has 0 unspecified atom stereocenters. The lowest BCUT2D eigenvalue weighted by Gasteiger charge is -2.14. The molecule has 0 aromatic heterocycles. The van der Waals surface area contributed by atoms with Crippen molar-refractivity contribution in [3.8, 4) is 0 Å². The molecular weight excluding hydrogens is 226 g/mol. The van der Waals surface area contributed by atoms with Gasteiger partial charge in [0.25, 0.3) is 0 Å². The van der Waals surface area contributed by atoms with Gasteiger partial charge in [0.15, 0.2) is 11.5 Å². The van der Waals surface area contributed by atoms with Crippen molar-refractivity contribution >= 4 is 0 Å². The van der Waals surface area contributed by atoms with Crippen molar-refractivity contribution in [3.63, 3.8) is 0 Å². The van der Waals surface area contributed by atoms with Gasteiger partial charge in [0.1, 0.15) is 0 Å². The number of methoxy groups -OCH3 is 2. The molecule has 0 amide bonds. The lowest BCUT2D eigenvalue weighted by molar-refractivity contribution is 0.241. The van der Waals surface area contributed by atoms with E-state index in [4.69, 9.17) is 9.47 Å². The second-order valence-electron chi connectivity index (χ2n) is 4.32. The van der Waals surface area contributed by atoms with E-state index in [1.807, 2.05) is 0 Å². The number of rotatable bonds is 9. The van der Waals surface area contributed by atoms with E-state index in [1.54, 1.807) is 20.3 Å². The average molecular weight is 253 g/mol. The molecule has 3 nitrogen and oxygen atoms in total. The number of allylic oxidation sites excluding steroid dienone is 2. The summed E-state index contributed by atoms with van der Waals surface area (Å²) in [7, 11) is 3.27. The molecule has 0 aliphatic rings. The lowest BCUT2D eigenvalue weighted by Crippen LogP contribution is -2.15. The van der Waals surface area contributed by atoms with E-state index in [2.05, 4.69) is 38.7 Å². The summed E-state index contributed by atoms with van der Waals surface area (Å²) in [5.74, 6) is 1.88. The van der Waals surface area contributed by atoms with Crippen LogP contribution in [0.4, 0.5) is 0 Å². The molecule has 0 aromatic carbocycles. The third-order valence-corrected chi connectivity index (χ3v) is 2.77. The van der Waals surface area contributed by atoms with Gasteiger partial charge in [-0.3, -0.25) is 0 Å². The number of hydrogen-bond donors (Lipinski definition) is 1. The third-order valence-electron chi connectivity index (χ3n) is 2.77. The Morgan fingerprint density at radius 1 is 1.22 bits per heavy atom. The number of ether oxygens (including phenoxy) is 2. The van der Waals surface area contributed by atoms with Gasteiger partial charge in [-0.1, -0.05) is 32.9 Å². The van der Waals surface area contributed by atoms with Crippen molar-refractivity contribution < 1.29 is 9.47 Å². The van der Waals surface area contributed by atoms with E-state index >= 15 is 0 Å². The van der Waals surface area contributed by atoms with Crippen LogP contribution < -0.4 is 5.32 Å². The molecular formula is C15H27NO2. The van der Waals surface area contributed by atoms with Gasteiger partial charge >= 0.3 is 0 Å². The molecule has 0 aliphatic heterocycles. The van der Waals surface area contributed by atoms with Crippen LogP contribution in [-0.4, -0.2) is 27.3 Å². The zero-order valence-electron chi connectivity index (χ0n) is 12.4. The molecule has 0 saturated carbocycles. The van der Waals surface area contributed by atoms with Crippen LogP contribution >= 0.6 is 0 Å². The largest absolute Gasteiger partial charge is 0.493 e. The van der Waals surface area contributed by atoms with E-state index in [-0.39, 0.29) is 0 Å². The Kier molecular flexibility index (Phi) is 9.11. The first kappa shape index (κ1) is 16.8. The maximum atomic E-state index is 5.37. The molecule has 0 fully saturated rings. The first-order valence-corrected chi connectivity index (χ1v) is 6.46. The summed E-state index contributed by atoms with van der Waals surface area (Å²) < 4.78 is 10.6. The first-order chi connectivity index (χ1) is 8.60. The van der Waals surface area contributed by atoms with Gasteiger partial charge in [0.05, 0.1) is 14.2 Å². The molecule has 0 rings (SSSR count). The summed E-state index contributed by atoms with van der Waals surface area (Å²) in [6.45, 7) is 12.2. The fraction of sp³-hybridized carbons (Fsp3) is 0.600. The minimum Gasteiger partial charge on any atom is -0.493 e. The Hall–Kier alpha value is -1.22. The van der Waals surface area contributed by atoms with Crippen LogP contribution in [0.3, 0.4) is 0 Å². The standard InChI is InChI=1S/C15H27NO2/c1-7-14(17-5)15(18-6)11-13(12(3)4)9-10-16-8-2/h7,11-12,16H,1,8-10H2,2-6H3/b13-11-,15-14-. The zero-order valence-corrected chi connectivity index (χ0v) is 12.4. The van der Waals surface area contributed by atoms with Gasteiger partial charge in [-0.05, 0) is 37.6 Å². The zero-order chi connectivity index (χ0) is 14.0. The Morgan fingerprint density at radius 2 is 1.83 bits per heavy atom. The second kappa shape index (κ2) is 9.77. The van der Waals surface area contributed by atoms with Crippen LogP contribution in [0.2, 0.25) is 0 Å². The van der Waals surface area contributed by atoms with E-state index in [0.29, 0.717) is 11.7 Å². The van der Waals surface area contributed by atoms with E-state index in [9.17, 15) is 0 Å². The van der Waals surface area contributed by atoms with Crippen LogP contribution in [0, 0.1) is 5.92 Å². The molecule has 0 radical (unpaired) electrons. The van der Waals surface area contributed by atoms with Crippen molar-refractivity contribution in [1.29, 1.82) is 0 Å². The molecule has 0 aromatic rings. The SMILES string of the molecule is C=C/C(OC)=C(\C=C(\CCNCC)C(C)C)OC. The van der Waals surface area contributed by atoms with Crippen LogP contribution in [-0.2, 0) is 9.47 Å². The molecule has 1 N–H and O–H groups in total. The van der Waals surface area contributed by atoms with E-state index in [0.717, 1.165) is 25.3 Å². The Bertz CT molecular complexity index is 304. The molecule has 104 valence electrons. The third kappa shape index (κ3) is 5.92. The summed E-state index contributed by atoms with van der Waals surface area (Å²) in [6.07, 6.45) is 4.73. The maximum absolute atomic E-state index is 5.37. The molecule has 18 heavy (non-hydrogen) atoms. The van der Waals surface area contributed by atoms with Crippen LogP contribution in [0.1, 0.15) is 27.2 Å². The monoisotopic (exact) mass is 253 g/mol. The number of hydrogen-bond acceptors (Lipinski definition) is 3. The van der Waals surface area contributed by atoms with Crippen LogP contribution in [0.5, 0.6) is 0 Å². The van der Waals surface area contributed by atoms with Crippen molar-refractivity contribution in [2.24, 2.45) is 5.92 Å². The fourth-order valence-electron chi connectivity index (χ4n) is 1.62. The Morgan fingerprint density at radius 3 is 2.22 bits per heavy atom. The molecule has 0 atom stereocenters. The maximum Gasteiger partial charge on any atom is 0.160 e. The molecule has 3 heteroatoms. The summed E-state index contributed by atoms with van der Waals surface area (Å²) in [6, 6.07) is 0. The summed E-state index contributed by atoms with van der Waals surface area (Å²) in [5, 5.41) is 3.33. The topological polar surface area (TPSA) is 30.5 Å². The van der Waals surface area contributed by atoms with Crippen LogP contribution in [0.15, 0.2) is 35.8 Å². The number of nitrogens with one attached hydrogen (secondary N) is 1. The van der Waals surface area contributed by atoms with Crippen molar-refractivity contribution in [3.05, 3.63) is 35.8 Å². The summed E-state index contributed by atoms with van der Waals surface area (Å²) in [5.41, 5.74) is 1.34. The Labute approximate surface area is 112 Å². The minimum absolute atomic E-state index is 0.483. The molecule has 0 saturated heterocycles. The van der Waals surface area contributed by atoms with Crippen molar-refractivity contribution in [2.45, 2.75) is 27.2 Å². The lowest BCUT2D eigenvalue weighted by atomic mass is 9.99. The highest BCUT2D eigenvalue weighted by molar-refractivity contribution is 5.27. The quantitative estimate of drug-likeness (QED) is 0.389. The van der Waals surface area contributed by atoms with E-state index in [1.165, 1.54) is 5.57 Å². The smallest absolute Gasteiger partial charge is 0.160 e. The van der Waals surface area contributed by atoms with Crippen molar-refractivity contribution in [2.75, 3.05) is 27.3 Å². The molecule has 0 aliphatic carbocycles. The van der Waals surface area contributed by atoms with Gasteiger partial charge < -0.3 is 14.8 Å². The Balaban J connectivity index is 5.00. The second-order valence-corrected chi connectivity index (χ2v) is 4.32. The van der Waals surface area contributed by atoms with Gasteiger partial charge in [0.2, 0.25) is 0 Å². The first-order valence-electron chi connectivity index (χ1n) is 6.46. The highest BCUT2D eigenvalue weighted by Crippen LogP contribution is 2.19. The minimum atomic E-state index is 0.483. The fourth-order valence-corrected chi connectivity index (χ4v) is 1.62. The summed E-state index contributed by atoms with van der Waals surface area (Å²) >= 11 is 0. The average Bonchev–Trinajstić information content (AvgIpc) is 2.36. The van der Waals surface area contributed by atoms with Crippen molar-refractivity contribution in [1.82, 2.24) is 5.32 Å².